The molecule has 3 N–H and O–H groups in total. The molecule has 0 aromatic rings. The molecule has 0 radical (unpaired) electrons. The van der Waals surface area contributed by atoms with E-state index in [0.29, 0.717) is 6.54 Å². The van der Waals surface area contributed by atoms with Gasteiger partial charge in [-0.3, -0.25) is 0 Å². The number of hydrazine groups is 1. The molecule has 4 nitrogen and oxygen atoms in total. The van der Waals surface area contributed by atoms with Crippen LogP contribution in [0.5, 0.6) is 0 Å². The van der Waals surface area contributed by atoms with Crippen LogP contribution < -0.4 is 5.43 Å². The van der Waals surface area contributed by atoms with Gasteiger partial charge in [-0.15, -0.1) is 0 Å². The highest BCUT2D eigenvalue weighted by Crippen LogP contribution is 2.11. The van der Waals surface area contributed by atoms with E-state index in [9.17, 15) is 0 Å². The highest BCUT2D eigenvalue weighted by Gasteiger charge is 2.12. The van der Waals surface area contributed by atoms with Crippen LogP contribution in [0.1, 0.15) is 0 Å². The molecule has 1 rings (SSSR count). The van der Waals surface area contributed by atoms with Crippen LogP contribution in [0.2, 0.25) is 0 Å². The van der Waals surface area contributed by atoms with Crippen molar-refractivity contribution in [3.8, 4) is 0 Å². The zero-order valence-corrected chi connectivity index (χ0v) is 8.15. The van der Waals surface area contributed by atoms with Crippen molar-refractivity contribution in [2.24, 2.45) is 0 Å². The third-order valence-corrected chi connectivity index (χ3v) is 2.03. The number of halogens is 1. The van der Waals surface area contributed by atoms with Gasteiger partial charge >= 0.3 is 0 Å². The van der Waals surface area contributed by atoms with Crippen molar-refractivity contribution < 1.29 is 10.2 Å². The topological polar surface area (TPSA) is 55.7 Å². The van der Waals surface area contributed by atoms with Gasteiger partial charge in [-0.25, -0.2) is 5.43 Å². The Hall–Kier alpha value is 0.150. The highest BCUT2D eigenvalue weighted by molar-refractivity contribution is 14.1. The second-order valence-corrected chi connectivity index (χ2v) is 3.79. The molecule has 0 aromatic carbocycles. The number of hydrogen-bond acceptors (Lipinski definition) is 4. The molecule has 0 aliphatic carbocycles. The monoisotopic (exact) mass is 270 g/mol. The van der Waals surface area contributed by atoms with Gasteiger partial charge < -0.3 is 15.2 Å². The molecule has 0 saturated carbocycles. The van der Waals surface area contributed by atoms with E-state index < -0.39 is 6.10 Å². The summed E-state index contributed by atoms with van der Waals surface area (Å²) in [4.78, 5) is 0. The van der Waals surface area contributed by atoms with Crippen LogP contribution in [-0.4, -0.2) is 41.0 Å². The molecule has 11 heavy (non-hydrogen) atoms. The Morgan fingerprint density at radius 1 is 1.82 bits per heavy atom. The Morgan fingerprint density at radius 3 is 3.00 bits per heavy atom. The van der Waals surface area contributed by atoms with E-state index in [2.05, 4.69) is 28.0 Å². The summed E-state index contributed by atoms with van der Waals surface area (Å²) in [6.07, 6.45) is 1.25. The van der Waals surface area contributed by atoms with E-state index in [-0.39, 0.29) is 6.61 Å². The van der Waals surface area contributed by atoms with Crippen LogP contribution in [-0.2, 0) is 0 Å². The number of nitrogens with zero attached hydrogens (tertiary/aromatic N) is 1. The van der Waals surface area contributed by atoms with E-state index in [0.717, 1.165) is 6.54 Å². The lowest BCUT2D eigenvalue weighted by Gasteiger charge is -2.18. The molecule has 1 heterocycles. The van der Waals surface area contributed by atoms with E-state index in [1.807, 2.05) is 6.20 Å². The number of hydrogen-bond donors (Lipinski definition) is 3. The minimum Gasteiger partial charge on any atom is -0.394 e. The summed E-state index contributed by atoms with van der Waals surface area (Å²) in [5.41, 5.74) is 3.03. The summed E-state index contributed by atoms with van der Waals surface area (Å²) in [6.45, 7) is 1.06. The maximum atomic E-state index is 9.04. The van der Waals surface area contributed by atoms with Crippen LogP contribution in [0, 0.1) is 0 Å². The lowest BCUT2D eigenvalue weighted by molar-refractivity contribution is 0.0634. The predicted octanol–water partition coefficient (Wildman–Crippen LogP) is -0.564. The molecule has 0 saturated heterocycles. The Bertz CT molecular complexity index is 163. The van der Waals surface area contributed by atoms with Crippen LogP contribution in [0.4, 0.5) is 0 Å². The molecular formula is C6H11IN2O2. The lowest BCUT2D eigenvalue weighted by atomic mass is 10.4. The molecule has 0 spiro atoms. The van der Waals surface area contributed by atoms with Crippen molar-refractivity contribution in [2.45, 2.75) is 6.10 Å². The molecule has 0 bridgehead atoms. The molecule has 0 aromatic heterocycles. The Balaban J connectivity index is 2.28. The van der Waals surface area contributed by atoms with Crippen molar-refractivity contribution in [1.82, 2.24) is 10.4 Å². The second-order valence-electron chi connectivity index (χ2n) is 2.40. The number of nitrogens with one attached hydrogen (secondary N) is 1. The van der Waals surface area contributed by atoms with Crippen molar-refractivity contribution in [3.05, 3.63) is 9.78 Å². The molecule has 1 aliphatic rings. The van der Waals surface area contributed by atoms with Gasteiger partial charge in [-0.05, 0) is 22.6 Å². The third kappa shape index (κ3) is 2.94. The first-order valence-electron chi connectivity index (χ1n) is 3.37. The van der Waals surface area contributed by atoms with Crippen molar-refractivity contribution in [2.75, 3.05) is 19.7 Å². The SMILES string of the molecule is OCC(O)CN1C=C(I)CN1. The zero-order chi connectivity index (χ0) is 8.27. The largest absolute Gasteiger partial charge is 0.394 e. The second kappa shape index (κ2) is 4.24. The van der Waals surface area contributed by atoms with E-state index >= 15 is 0 Å². The van der Waals surface area contributed by atoms with Crippen LogP contribution in [0.3, 0.4) is 0 Å². The summed E-state index contributed by atoms with van der Waals surface area (Å²) in [5, 5.41) is 19.4. The minimum atomic E-state index is -0.666. The van der Waals surface area contributed by atoms with Gasteiger partial charge in [-0.2, -0.15) is 0 Å². The summed E-state index contributed by atoms with van der Waals surface area (Å²) in [7, 11) is 0. The third-order valence-electron chi connectivity index (χ3n) is 1.37. The average molecular weight is 270 g/mol. The molecule has 5 heteroatoms. The fourth-order valence-electron chi connectivity index (χ4n) is 0.839. The molecule has 0 fully saturated rings. The zero-order valence-electron chi connectivity index (χ0n) is 6.00. The van der Waals surface area contributed by atoms with Gasteiger partial charge in [-0.1, -0.05) is 0 Å². The van der Waals surface area contributed by atoms with Crippen molar-refractivity contribution >= 4 is 22.6 Å². The van der Waals surface area contributed by atoms with E-state index in [1.54, 1.807) is 5.01 Å². The van der Waals surface area contributed by atoms with Gasteiger partial charge in [0.1, 0.15) is 0 Å². The smallest absolute Gasteiger partial charge is 0.0960 e. The molecule has 1 aliphatic heterocycles. The van der Waals surface area contributed by atoms with Crippen molar-refractivity contribution in [3.63, 3.8) is 0 Å². The standard InChI is InChI=1S/C6H11IN2O2/c7-5-1-8-9(2-5)3-6(11)4-10/h2,6,8,10-11H,1,3-4H2. The summed E-state index contributed by atoms with van der Waals surface area (Å²) in [5.74, 6) is 0. The van der Waals surface area contributed by atoms with Crippen LogP contribution in [0.15, 0.2) is 9.78 Å². The normalized spacial score (nSPS) is 20.3. The van der Waals surface area contributed by atoms with E-state index in [1.165, 1.54) is 3.58 Å². The summed E-state index contributed by atoms with van der Waals surface area (Å²) >= 11 is 2.22. The molecule has 0 amide bonds. The summed E-state index contributed by atoms with van der Waals surface area (Å²) in [6, 6.07) is 0. The van der Waals surface area contributed by atoms with Crippen LogP contribution in [0.25, 0.3) is 0 Å². The predicted molar refractivity (Wildman–Crippen MR) is 49.9 cm³/mol. The van der Waals surface area contributed by atoms with Crippen LogP contribution >= 0.6 is 22.6 Å². The van der Waals surface area contributed by atoms with Gasteiger partial charge in [0.05, 0.1) is 19.3 Å². The Kier molecular flexibility index (Phi) is 3.57. The Labute approximate surface area is 79.0 Å². The quantitative estimate of drug-likeness (QED) is 0.602. The minimum absolute atomic E-state index is 0.192. The van der Waals surface area contributed by atoms with Gasteiger partial charge in [0.25, 0.3) is 0 Å². The number of aliphatic hydroxyl groups is 2. The highest BCUT2D eigenvalue weighted by atomic mass is 127. The maximum absolute atomic E-state index is 9.04. The van der Waals surface area contributed by atoms with Gasteiger partial charge in [0.2, 0.25) is 0 Å². The fraction of sp³-hybridized carbons (Fsp3) is 0.667. The Morgan fingerprint density at radius 2 is 2.55 bits per heavy atom. The number of rotatable bonds is 3. The first-order valence-corrected chi connectivity index (χ1v) is 4.45. The fourth-order valence-corrected chi connectivity index (χ4v) is 1.35. The molecule has 1 unspecified atom stereocenters. The lowest BCUT2D eigenvalue weighted by Crippen LogP contribution is -2.37. The van der Waals surface area contributed by atoms with Crippen molar-refractivity contribution in [1.29, 1.82) is 0 Å². The molecular weight excluding hydrogens is 259 g/mol. The summed E-state index contributed by atoms with van der Waals surface area (Å²) < 4.78 is 1.20. The number of β-amino-alcohol motifs (C(OH)–C–C–N with tert-alkyl or cyclic N) is 1. The molecule has 1 atom stereocenters. The maximum Gasteiger partial charge on any atom is 0.0960 e. The first-order chi connectivity index (χ1) is 5.22. The molecule has 64 valence electrons. The number of aliphatic hydroxyl groups excluding tert-OH is 2. The first kappa shape index (κ1) is 9.24. The average Bonchev–Trinajstić information content (AvgIpc) is 2.35. The van der Waals surface area contributed by atoms with E-state index in [4.69, 9.17) is 10.2 Å². The van der Waals surface area contributed by atoms with Gasteiger partial charge in [0, 0.05) is 16.3 Å². The van der Waals surface area contributed by atoms with Gasteiger partial charge in [0.15, 0.2) is 0 Å².